The average molecular weight is 818 g/mol. The van der Waals surface area contributed by atoms with Crippen molar-refractivity contribution in [3.8, 4) is 0 Å². The first-order chi connectivity index (χ1) is 28.6. The summed E-state index contributed by atoms with van der Waals surface area (Å²) in [5.74, 6) is 0.119. The van der Waals surface area contributed by atoms with Crippen molar-refractivity contribution in [3.05, 3.63) is 0 Å². The van der Waals surface area contributed by atoms with Gasteiger partial charge in [0.2, 0.25) is 0 Å². The van der Waals surface area contributed by atoms with Crippen molar-refractivity contribution >= 4 is 5.97 Å². The van der Waals surface area contributed by atoms with Gasteiger partial charge in [0.25, 0.3) is 0 Å². The second-order valence-electron chi connectivity index (χ2n) is 19.5. The highest BCUT2D eigenvalue weighted by atomic mass is 16.6. The van der Waals surface area contributed by atoms with Crippen LogP contribution in [0.4, 0.5) is 0 Å². The highest BCUT2D eigenvalue weighted by Gasteiger charge is 2.33. The Morgan fingerprint density at radius 1 is 0.259 bits per heavy atom. The Bertz CT molecular complexity index is 762. The summed E-state index contributed by atoms with van der Waals surface area (Å²) in [6, 6.07) is 0. The predicted octanol–water partition coefficient (Wildman–Crippen LogP) is 20.9. The zero-order chi connectivity index (χ0) is 42.1. The topological polar surface area (TPSA) is 26.3 Å². The van der Waals surface area contributed by atoms with Crippen molar-refractivity contribution in [2.75, 3.05) is 0 Å². The van der Waals surface area contributed by atoms with Crippen LogP contribution in [0, 0.1) is 0 Å². The van der Waals surface area contributed by atoms with E-state index in [1.807, 2.05) is 0 Å². The van der Waals surface area contributed by atoms with Gasteiger partial charge in [0, 0.05) is 6.42 Å². The molecule has 0 aromatic carbocycles. The maximum Gasteiger partial charge on any atom is 0.306 e. The number of carbonyl (C=O) groups is 1. The van der Waals surface area contributed by atoms with Crippen LogP contribution in [0.3, 0.4) is 0 Å². The van der Waals surface area contributed by atoms with Gasteiger partial charge in [-0.3, -0.25) is 4.79 Å². The number of hydrogen-bond acceptors (Lipinski definition) is 2. The summed E-state index contributed by atoms with van der Waals surface area (Å²) in [7, 11) is 0. The largest absolute Gasteiger partial charge is 0.459 e. The molecule has 0 aromatic heterocycles. The molecule has 0 radical (unpaired) electrons. The van der Waals surface area contributed by atoms with Gasteiger partial charge in [-0.15, -0.1) is 0 Å². The number of rotatable bonds is 51. The summed E-state index contributed by atoms with van der Waals surface area (Å²) in [6.45, 7) is 9.24. The van der Waals surface area contributed by atoms with E-state index in [0.29, 0.717) is 6.42 Å². The molecule has 0 aliphatic carbocycles. The molecule has 0 N–H and O–H groups in total. The molecule has 348 valence electrons. The second kappa shape index (κ2) is 49.1. The molecule has 0 aliphatic heterocycles. The third kappa shape index (κ3) is 43.6. The molecule has 2 nitrogen and oxygen atoms in total. The fraction of sp³-hybridized carbons (Fsp3) is 0.982. The molecule has 1 atom stereocenters. The number of hydrogen-bond donors (Lipinski definition) is 0. The van der Waals surface area contributed by atoms with E-state index >= 15 is 0 Å². The van der Waals surface area contributed by atoms with E-state index in [1.165, 1.54) is 289 Å². The molecular weight excluding hydrogens is 705 g/mol. The molecule has 0 bridgehead atoms. The normalized spacial score (nSPS) is 12.7. The molecule has 0 aliphatic rings. The van der Waals surface area contributed by atoms with Crippen LogP contribution in [0.25, 0.3) is 0 Å². The lowest BCUT2D eigenvalue weighted by molar-refractivity contribution is -0.163. The van der Waals surface area contributed by atoms with Gasteiger partial charge in [-0.1, -0.05) is 297 Å². The summed E-state index contributed by atoms with van der Waals surface area (Å²) in [6.07, 6.45) is 66.9. The van der Waals surface area contributed by atoms with E-state index in [-0.39, 0.29) is 11.6 Å². The summed E-state index contributed by atoms with van der Waals surface area (Å²) in [5.41, 5.74) is -0.214. The maximum atomic E-state index is 13.6. The van der Waals surface area contributed by atoms with E-state index in [0.717, 1.165) is 25.7 Å². The van der Waals surface area contributed by atoms with E-state index in [9.17, 15) is 4.79 Å². The molecule has 0 spiro atoms. The van der Waals surface area contributed by atoms with Crippen molar-refractivity contribution in [1.29, 1.82) is 0 Å². The second-order valence-corrected chi connectivity index (χ2v) is 19.5. The Labute approximate surface area is 368 Å². The Morgan fingerprint density at radius 3 is 0.638 bits per heavy atom. The third-order valence-corrected chi connectivity index (χ3v) is 13.5. The summed E-state index contributed by atoms with van der Waals surface area (Å²) in [4.78, 5) is 13.6. The van der Waals surface area contributed by atoms with E-state index in [1.54, 1.807) is 0 Å². The van der Waals surface area contributed by atoms with Crippen LogP contribution >= 0.6 is 0 Å². The molecule has 0 fully saturated rings. The summed E-state index contributed by atoms with van der Waals surface area (Å²) in [5, 5.41) is 0. The first kappa shape index (κ1) is 57.5. The van der Waals surface area contributed by atoms with Crippen LogP contribution in [-0.4, -0.2) is 11.6 Å². The Morgan fingerprint density at radius 2 is 0.431 bits per heavy atom. The molecule has 0 saturated heterocycles. The van der Waals surface area contributed by atoms with Crippen molar-refractivity contribution in [2.24, 2.45) is 0 Å². The minimum Gasteiger partial charge on any atom is -0.459 e. The zero-order valence-electron chi connectivity index (χ0n) is 41.2. The monoisotopic (exact) mass is 817 g/mol. The van der Waals surface area contributed by atoms with Gasteiger partial charge < -0.3 is 4.74 Å². The van der Waals surface area contributed by atoms with Gasteiger partial charge in [0.1, 0.15) is 5.60 Å². The fourth-order valence-corrected chi connectivity index (χ4v) is 9.44. The van der Waals surface area contributed by atoms with Gasteiger partial charge in [-0.25, -0.2) is 0 Å². The highest BCUT2D eigenvalue weighted by Crippen LogP contribution is 2.34. The lowest BCUT2D eigenvalue weighted by atomic mass is 9.84. The van der Waals surface area contributed by atoms with Crippen LogP contribution in [0.5, 0.6) is 0 Å². The van der Waals surface area contributed by atoms with Crippen molar-refractivity contribution < 1.29 is 9.53 Å². The minimum absolute atomic E-state index is 0.119. The third-order valence-electron chi connectivity index (χ3n) is 13.5. The molecule has 0 aromatic rings. The molecule has 2 heteroatoms. The van der Waals surface area contributed by atoms with Crippen LogP contribution in [0.15, 0.2) is 0 Å². The van der Waals surface area contributed by atoms with Crippen LogP contribution in [-0.2, 0) is 9.53 Å². The zero-order valence-corrected chi connectivity index (χ0v) is 41.2. The minimum atomic E-state index is -0.214. The quantitative estimate of drug-likeness (QED) is 0.0452. The first-order valence-electron chi connectivity index (χ1n) is 27.9. The standard InChI is InChI=1S/C56H112O2/c1-5-9-13-17-21-24-27-29-31-33-35-37-40-43-47-51-55(57)58-56(52-48-44-20-16-12-8-4,53-49-45-41-38-26-23-19-15-11-7-3)54-50-46-42-39-36-34-32-30-28-25-22-18-14-10-6-2/h5-54H2,1-4H3. The fourth-order valence-electron chi connectivity index (χ4n) is 9.44. The first-order valence-corrected chi connectivity index (χ1v) is 27.9. The summed E-state index contributed by atoms with van der Waals surface area (Å²) < 4.78 is 6.75. The number of carbonyl (C=O) groups excluding carboxylic acids is 1. The van der Waals surface area contributed by atoms with Crippen molar-refractivity contribution in [1.82, 2.24) is 0 Å². The lowest BCUT2D eigenvalue weighted by Crippen LogP contribution is -2.35. The van der Waals surface area contributed by atoms with Gasteiger partial charge in [-0.2, -0.15) is 0 Å². The van der Waals surface area contributed by atoms with Crippen LogP contribution in [0.2, 0.25) is 0 Å². The molecule has 0 heterocycles. The van der Waals surface area contributed by atoms with E-state index in [4.69, 9.17) is 4.74 Å². The molecule has 0 amide bonds. The molecule has 58 heavy (non-hydrogen) atoms. The Kier molecular flexibility index (Phi) is 48.7. The average Bonchev–Trinajstić information content (AvgIpc) is 3.22. The van der Waals surface area contributed by atoms with Crippen LogP contribution < -0.4 is 0 Å². The Hall–Kier alpha value is -0.530. The maximum absolute atomic E-state index is 13.6. The number of ether oxygens (including phenoxy) is 1. The lowest BCUT2D eigenvalue weighted by Gasteiger charge is -2.34. The SMILES string of the molecule is CCCCCCCCCCCCCCCCCC(=O)OC(CCCCCCCC)(CCCCCCCCCCCC)CCCCCCCCCCCCCCCCC. The smallest absolute Gasteiger partial charge is 0.306 e. The Balaban J connectivity index is 4.79. The molecular formula is C56H112O2. The van der Waals surface area contributed by atoms with E-state index in [2.05, 4.69) is 27.7 Å². The van der Waals surface area contributed by atoms with Gasteiger partial charge in [0.15, 0.2) is 0 Å². The number of esters is 1. The van der Waals surface area contributed by atoms with Gasteiger partial charge >= 0.3 is 5.97 Å². The van der Waals surface area contributed by atoms with E-state index < -0.39 is 0 Å². The summed E-state index contributed by atoms with van der Waals surface area (Å²) >= 11 is 0. The number of unbranched alkanes of at least 4 members (excludes halogenated alkanes) is 42. The van der Waals surface area contributed by atoms with Gasteiger partial charge in [-0.05, 0) is 44.9 Å². The molecule has 0 saturated carbocycles. The highest BCUT2D eigenvalue weighted by molar-refractivity contribution is 5.69. The van der Waals surface area contributed by atoms with Gasteiger partial charge in [0.05, 0.1) is 0 Å². The van der Waals surface area contributed by atoms with Crippen LogP contribution in [0.1, 0.15) is 349 Å². The van der Waals surface area contributed by atoms with Crippen molar-refractivity contribution in [3.63, 3.8) is 0 Å². The molecule has 1 unspecified atom stereocenters. The molecule has 0 rings (SSSR count). The predicted molar refractivity (Wildman–Crippen MR) is 262 cm³/mol. The van der Waals surface area contributed by atoms with Crippen molar-refractivity contribution in [2.45, 2.75) is 354 Å².